The SMILES string of the molecule is CCc1cccc(Oc2cc(=O)[nH]c(C3CC3)n2)c1. The quantitative estimate of drug-likeness (QED) is 0.914. The fraction of sp³-hybridized carbons (Fsp3) is 0.333. The molecule has 3 rings (SSSR count). The van der Waals surface area contributed by atoms with E-state index in [1.54, 1.807) is 0 Å². The fourth-order valence-corrected chi connectivity index (χ4v) is 2.01. The summed E-state index contributed by atoms with van der Waals surface area (Å²) in [6.07, 6.45) is 3.14. The average molecular weight is 256 g/mol. The van der Waals surface area contributed by atoms with Crippen LogP contribution in [0.5, 0.6) is 11.6 Å². The van der Waals surface area contributed by atoms with Gasteiger partial charge in [0.05, 0.1) is 6.07 Å². The first-order chi connectivity index (χ1) is 9.24. The molecule has 1 N–H and O–H groups in total. The van der Waals surface area contributed by atoms with Gasteiger partial charge in [0.15, 0.2) is 0 Å². The van der Waals surface area contributed by atoms with Crippen LogP contribution in [0.3, 0.4) is 0 Å². The Balaban J connectivity index is 1.87. The molecule has 1 aromatic heterocycles. The summed E-state index contributed by atoms with van der Waals surface area (Å²) in [4.78, 5) is 18.7. The van der Waals surface area contributed by atoms with Gasteiger partial charge in [-0.15, -0.1) is 0 Å². The van der Waals surface area contributed by atoms with E-state index >= 15 is 0 Å². The van der Waals surface area contributed by atoms with Crippen molar-refractivity contribution in [3.8, 4) is 11.6 Å². The maximum atomic E-state index is 11.6. The Hall–Kier alpha value is -2.10. The minimum absolute atomic E-state index is 0.154. The van der Waals surface area contributed by atoms with E-state index in [2.05, 4.69) is 16.9 Å². The summed E-state index contributed by atoms with van der Waals surface area (Å²) in [6.45, 7) is 2.09. The van der Waals surface area contributed by atoms with Gasteiger partial charge in [-0.25, -0.2) is 0 Å². The molecule has 0 radical (unpaired) electrons. The largest absolute Gasteiger partial charge is 0.439 e. The summed E-state index contributed by atoms with van der Waals surface area (Å²) < 4.78 is 5.69. The van der Waals surface area contributed by atoms with Crippen molar-refractivity contribution in [2.45, 2.75) is 32.1 Å². The topological polar surface area (TPSA) is 55.0 Å². The molecular weight excluding hydrogens is 240 g/mol. The summed E-state index contributed by atoms with van der Waals surface area (Å²) >= 11 is 0. The zero-order chi connectivity index (χ0) is 13.2. The van der Waals surface area contributed by atoms with Crippen LogP contribution in [0.15, 0.2) is 35.1 Å². The van der Waals surface area contributed by atoms with Gasteiger partial charge in [0, 0.05) is 5.92 Å². The molecule has 1 fully saturated rings. The molecule has 2 aromatic rings. The maximum Gasteiger partial charge on any atom is 0.254 e. The molecule has 1 heterocycles. The molecule has 1 aliphatic carbocycles. The van der Waals surface area contributed by atoms with E-state index in [1.807, 2.05) is 24.3 Å². The minimum atomic E-state index is -0.154. The van der Waals surface area contributed by atoms with E-state index in [0.29, 0.717) is 11.8 Å². The summed E-state index contributed by atoms with van der Waals surface area (Å²) in [6, 6.07) is 9.24. The summed E-state index contributed by atoms with van der Waals surface area (Å²) in [5.74, 6) is 2.24. The highest BCUT2D eigenvalue weighted by atomic mass is 16.5. The van der Waals surface area contributed by atoms with E-state index in [1.165, 1.54) is 11.6 Å². The van der Waals surface area contributed by atoms with E-state index < -0.39 is 0 Å². The van der Waals surface area contributed by atoms with Gasteiger partial charge >= 0.3 is 0 Å². The smallest absolute Gasteiger partial charge is 0.254 e. The molecular formula is C15H16N2O2. The van der Waals surface area contributed by atoms with Crippen molar-refractivity contribution in [2.24, 2.45) is 0 Å². The molecule has 0 unspecified atom stereocenters. The molecule has 0 aliphatic heterocycles. The molecule has 0 spiro atoms. The van der Waals surface area contributed by atoms with Crippen LogP contribution in [0.25, 0.3) is 0 Å². The molecule has 0 atom stereocenters. The minimum Gasteiger partial charge on any atom is -0.439 e. The number of nitrogens with zero attached hydrogens (tertiary/aromatic N) is 1. The molecule has 1 saturated carbocycles. The van der Waals surface area contributed by atoms with Gasteiger partial charge < -0.3 is 9.72 Å². The predicted octanol–water partition coefficient (Wildman–Crippen LogP) is 3.00. The van der Waals surface area contributed by atoms with E-state index in [0.717, 1.165) is 30.8 Å². The monoisotopic (exact) mass is 256 g/mol. The lowest BCUT2D eigenvalue weighted by molar-refractivity contribution is 0.457. The number of aryl methyl sites for hydroxylation is 1. The number of nitrogens with one attached hydrogen (secondary N) is 1. The number of ether oxygens (including phenoxy) is 1. The summed E-state index contributed by atoms with van der Waals surface area (Å²) in [5, 5.41) is 0. The normalized spacial score (nSPS) is 14.4. The van der Waals surface area contributed by atoms with Gasteiger partial charge in [0.25, 0.3) is 5.56 Å². The van der Waals surface area contributed by atoms with Crippen molar-refractivity contribution < 1.29 is 4.74 Å². The molecule has 98 valence electrons. The van der Waals surface area contributed by atoms with Gasteiger partial charge in [0.2, 0.25) is 5.88 Å². The van der Waals surface area contributed by atoms with Gasteiger partial charge in [-0.05, 0) is 37.0 Å². The zero-order valence-corrected chi connectivity index (χ0v) is 10.8. The Bertz CT molecular complexity index is 645. The Labute approximate surface area is 111 Å². The second-order valence-corrected chi connectivity index (χ2v) is 4.85. The van der Waals surface area contributed by atoms with Crippen LogP contribution in [-0.2, 0) is 6.42 Å². The standard InChI is InChI=1S/C15H16N2O2/c1-2-10-4-3-5-12(8-10)19-14-9-13(18)16-15(17-14)11-6-7-11/h3-5,8-9,11H,2,6-7H2,1H3,(H,16,17,18). The van der Waals surface area contributed by atoms with Crippen LogP contribution < -0.4 is 10.3 Å². The first-order valence-corrected chi connectivity index (χ1v) is 6.62. The summed E-state index contributed by atoms with van der Waals surface area (Å²) in [5.41, 5.74) is 1.04. The van der Waals surface area contributed by atoms with Crippen molar-refractivity contribution in [2.75, 3.05) is 0 Å². The van der Waals surface area contributed by atoms with E-state index in [4.69, 9.17) is 4.74 Å². The number of aromatic amines is 1. The van der Waals surface area contributed by atoms with Crippen LogP contribution >= 0.6 is 0 Å². The molecule has 0 bridgehead atoms. The highest BCUT2D eigenvalue weighted by Gasteiger charge is 2.26. The lowest BCUT2D eigenvalue weighted by Gasteiger charge is -2.07. The van der Waals surface area contributed by atoms with E-state index in [9.17, 15) is 4.79 Å². The lowest BCUT2D eigenvalue weighted by atomic mass is 10.2. The fourth-order valence-electron chi connectivity index (χ4n) is 2.01. The van der Waals surface area contributed by atoms with Crippen LogP contribution in [0.1, 0.15) is 37.1 Å². The maximum absolute atomic E-state index is 11.6. The van der Waals surface area contributed by atoms with Crippen molar-refractivity contribution >= 4 is 0 Å². The number of hydrogen-bond donors (Lipinski definition) is 1. The molecule has 0 amide bonds. The third-order valence-electron chi connectivity index (χ3n) is 3.23. The number of benzene rings is 1. The summed E-state index contributed by atoms with van der Waals surface area (Å²) in [7, 11) is 0. The van der Waals surface area contributed by atoms with Crippen molar-refractivity contribution in [1.29, 1.82) is 0 Å². The van der Waals surface area contributed by atoms with Crippen molar-refractivity contribution in [3.05, 3.63) is 52.1 Å². The molecule has 19 heavy (non-hydrogen) atoms. The van der Waals surface area contributed by atoms with Crippen LogP contribution in [0.2, 0.25) is 0 Å². The number of H-pyrrole nitrogens is 1. The first-order valence-electron chi connectivity index (χ1n) is 6.62. The zero-order valence-electron chi connectivity index (χ0n) is 10.8. The van der Waals surface area contributed by atoms with Gasteiger partial charge in [-0.1, -0.05) is 19.1 Å². The second kappa shape index (κ2) is 4.88. The van der Waals surface area contributed by atoms with E-state index in [-0.39, 0.29) is 5.56 Å². The van der Waals surface area contributed by atoms with Crippen LogP contribution in [0, 0.1) is 0 Å². The second-order valence-electron chi connectivity index (χ2n) is 4.85. The van der Waals surface area contributed by atoms with Gasteiger partial charge in [-0.2, -0.15) is 4.98 Å². The number of rotatable bonds is 4. The highest BCUT2D eigenvalue weighted by molar-refractivity contribution is 5.31. The third kappa shape index (κ3) is 2.84. The first kappa shape index (κ1) is 12.0. The van der Waals surface area contributed by atoms with Gasteiger partial charge in [0.1, 0.15) is 11.6 Å². The Morgan fingerprint density at radius 1 is 1.37 bits per heavy atom. The molecule has 4 heteroatoms. The average Bonchev–Trinajstić information content (AvgIpc) is 3.22. The Morgan fingerprint density at radius 3 is 2.95 bits per heavy atom. The molecule has 4 nitrogen and oxygen atoms in total. The van der Waals surface area contributed by atoms with Crippen LogP contribution in [-0.4, -0.2) is 9.97 Å². The predicted molar refractivity (Wildman–Crippen MR) is 72.7 cm³/mol. The van der Waals surface area contributed by atoms with Crippen molar-refractivity contribution in [3.63, 3.8) is 0 Å². The lowest BCUT2D eigenvalue weighted by Crippen LogP contribution is -2.10. The Kier molecular flexibility index (Phi) is 3.07. The molecule has 1 aliphatic rings. The Morgan fingerprint density at radius 2 is 2.21 bits per heavy atom. The van der Waals surface area contributed by atoms with Crippen molar-refractivity contribution in [1.82, 2.24) is 9.97 Å². The number of hydrogen-bond acceptors (Lipinski definition) is 3. The third-order valence-corrected chi connectivity index (χ3v) is 3.23. The molecule has 1 aromatic carbocycles. The number of aromatic nitrogens is 2. The highest BCUT2D eigenvalue weighted by Crippen LogP contribution is 2.38. The molecule has 0 saturated heterocycles. The van der Waals surface area contributed by atoms with Gasteiger partial charge in [-0.3, -0.25) is 4.79 Å². The van der Waals surface area contributed by atoms with Crippen LogP contribution in [0.4, 0.5) is 0 Å².